The zero-order valence-electron chi connectivity index (χ0n) is 15.9. The van der Waals surface area contributed by atoms with Crippen LogP contribution in [0.5, 0.6) is 0 Å². The molecule has 2 aromatic rings. The molecule has 2 aromatic carbocycles. The van der Waals surface area contributed by atoms with E-state index in [4.69, 9.17) is 9.47 Å². The van der Waals surface area contributed by atoms with Gasteiger partial charge in [0, 0.05) is 5.56 Å². The van der Waals surface area contributed by atoms with Crippen LogP contribution in [0.1, 0.15) is 47.8 Å². The number of esters is 1. The maximum Gasteiger partial charge on any atom is 0.412 e. The number of carbonyl (C=O) groups is 2. The molecule has 26 heavy (non-hydrogen) atoms. The van der Waals surface area contributed by atoms with Crippen LogP contribution in [0.15, 0.2) is 42.5 Å². The molecule has 2 rings (SSSR count). The van der Waals surface area contributed by atoms with Crippen LogP contribution in [0.3, 0.4) is 0 Å². The molecule has 0 fully saturated rings. The molecule has 0 unspecified atom stereocenters. The first-order chi connectivity index (χ1) is 12.2. The summed E-state index contributed by atoms with van der Waals surface area (Å²) >= 11 is 0. The van der Waals surface area contributed by atoms with Gasteiger partial charge < -0.3 is 9.47 Å². The molecule has 0 saturated heterocycles. The van der Waals surface area contributed by atoms with Crippen molar-refractivity contribution in [1.82, 2.24) is 0 Å². The molecule has 0 radical (unpaired) electrons. The summed E-state index contributed by atoms with van der Waals surface area (Å²) in [6.07, 6.45) is -0.550. The first kappa shape index (κ1) is 19.5. The average molecular weight is 355 g/mol. The van der Waals surface area contributed by atoms with Gasteiger partial charge in [0.2, 0.25) is 0 Å². The van der Waals surface area contributed by atoms with Crippen LogP contribution in [0.4, 0.5) is 10.5 Å². The van der Waals surface area contributed by atoms with E-state index in [1.54, 1.807) is 45.0 Å². The predicted molar refractivity (Wildman–Crippen MR) is 101 cm³/mol. The third kappa shape index (κ3) is 5.62. The lowest BCUT2D eigenvalue weighted by Crippen LogP contribution is -2.27. The lowest BCUT2D eigenvalue weighted by molar-refractivity contribution is 0.0473. The normalized spacial score (nSPS) is 11.0. The molecule has 0 atom stereocenters. The van der Waals surface area contributed by atoms with Crippen molar-refractivity contribution < 1.29 is 19.1 Å². The van der Waals surface area contributed by atoms with Crippen molar-refractivity contribution in [1.29, 1.82) is 0 Å². The highest BCUT2D eigenvalue weighted by atomic mass is 16.6. The van der Waals surface area contributed by atoms with E-state index < -0.39 is 17.7 Å². The maximum atomic E-state index is 12.3. The molecular weight excluding hydrogens is 330 g/mol. The topological polar surface area (TPSA) is 64.6 Å². The standard InChI is InChI=1S/C21H25NO4/c1-14-10-11-17(15(2)12-14)19(23)25-13-16-8-6-7-9-18(16)22-20(24)26-21(3,4)5/h6-12H,13H2,1-5H3,(H,22,24). The Hall–Kier alpha value is -2.82. The molecule has 0 aliphatic rings. The van der Waals surface area contributed by atoms with E-state index in [9.17, 15) is 9.59 Å². The number of amides is 1. The highest BCUT2D eigenvalue weighted by Gasteiger charge is 2.18. The molecule has 0 saturated carbocycles. The number of carbonyl (C=O) groups excluding carboxylic acids is 2. The minimum absolute atomic E-state index is 0.0537. The summed E-state index contributed by atoms with van der Waals surface area (Å²) in [5.41, 5.74) is 3.15. The summed E-state index contributed by atoms with van der Waals surface area (Å²) in [5, 5.41) is 2.70. The van der Waals surface area contributed by atoms with E-state index >= 15 is 0 Å². The lowest BCUT2D eigenvalue weighted by Gasteiger charge is -2.20. The van der Waals surface area contributed by atoms with E-state index in [1.165, 1.54) is 0 Å². The largest absolute Gasteiger partial charge is 0.457 e. The molecule has 0 aliphatic carbocycles. The number of benzene rings is 2. The fourth-order valence-electron chi connectivity index (χ4n) is 2.45. The van der Waals surface area contributed by atoms with Crippen molar-refractivity contribution in [2.75, 3.05) is 5.32 Å². The van der Waals surface area contributed by atoms with E-state index in [2.05, 4.69) is 5.32 Å². The second kappa shape index (κ2) is 8.04. The highest BCUT2D eigenvalue weighted by molar-refractivity contribution is 5.91. The molecule has 0 aromatic heterocycles. The van der Waals surface area contributed by atoms with Crippen molar-refractivity contribution in [2.45, 2.75) is 46.8 Å². The van der Waals surface area contributed by atoms with Gasteiger partial charge in [-0.15, -0.1) is 0 Å². The third-order valence-electron chi connectivity index (χ3n) is 3.61. The number of nitrogens with one attached hydrogen (secondary N) is 1. The van der Waals surface area contributed by atoms with Gasteiger partial charge in [-0.3, -0.25) is 5.32 Å². The Balaban J connectivity index is 2.06. The van der Waals surface area contributed by atoms with Crippen LogP contribution < -0.4 is 5.32 Å². The van der Waals surface area contributed by atoms with Crippen LogP contribution >= 0.6 is 0 Å². The number of hydrogen-bond acceptors (Lipinski definition) is 4. The summed E-state index contributed by atoms with van der Waals surface area (Å²) in [4.78, 5) is 24.3. The fraction of sp³-hybridized carbons (Fsp3) is 0.333. The Kier molecular flexibility index (Phi) is 6.03. The van der Waals surface area contributed by atoms with Gasteiger partial charge >= 0.3 is 12.1 Å². The van der Waals surface area contributed by atoms with Gasteiger partial charge in [-0.2, -0.15) is 0 Å². The number of hydrogen-bond donors (Lipinski definition) is 1. The van der Waals surface area contributed by atoms with Crippen LogP contribution in [-0.4, -0.2) is 17.7 Å². The highest BCUT2D eigenvalue weighted by Crippen LogP contribution is 2.19. The molecule has 0 aliphatic heterocycles. The predicted octanol–water partition coefficient (Wildman–Crippen LogP) is 5.01. The van der Waals surface area contributed by atoms with Crippen LogP contribution in [0.25, 0.3) is 0 Å². The molecule has 0 bridgehead atoms. The maximum absolute atomic E-state index is 12.3. The molecule has 1 N–H and O–H groups in total. The number of rotatable bonds is 4. The number of anilines is 1. The monoisotopic (exact) mass is 355 g/mol. The zero-order chi connectivity index (χ0) is 19.3. The summed E-state index contributed by atoms with van der Waals surface area (Å²) in [6, 6.07) is 12.7. The number of ether oxygens (including phenoxy) is 2. The minimum Gasteiger partial charge on any atom is -0.457 e. The second-order valence-electron chi connectivity index (χ2n) is 7.18. The molecule has 138 valence electrons. The Morgan fingerprint density at radius 2 is 1.73 bits per heavy atom. The van der Waals surface area contributed by atoms with Gasteiger partial charge in [-0.1, -0.05) is 35.9 Å². The van der Waals surface area contributed by atoms with Gasteiger partial charge in [-0.25, -0.2) is 9.59 Å². The molecule has 0 heterocycles. The van der Waals surface area contributed by atoms with Crippen molar-refractivity contribution in [3.63, 3.8) is 0 Å². The minimum atomic E-state index is -0.589. The van der Waals surface area contributed by atoms with Crippen LogP contribution in [-0.2, 0) is 16.1 Å². The summed E-state index contributed by atoms with van der Waals surface area (Å²) in [6.45, 7) is 9.29. The third-order valence-corrected chi connectivity index (χ3v) is 3.61. The fourth-order valence-corrected chi connectivity index (χ4v) is 2.45. The SMILES string of the molecule is Cc1ccc(C(=O)OCc2ccccc2NC(=O)OC(C)(C)C)c(C)c1. The van der Waals surface area contributed by atoms with Crippen molar-refractivity contribution in [2.24, 2.45) is 0 Å². The van der Waals surface area contributed by atoms with Crippen LogP contribution in [0, 0.1) is 13.8 Å². The van der Waals surface area contributed by atoms with E-state index in [0.717, 1.165) is 11.1 Å². The summed E-state index contributed by atoms with van der Waals surface area (Å²) in [7, 11) is 0. The van der Waals surface area contributed by atoms with Gasteiger partial charge in [0.25, 0.3) is 0 Å². The molecule has 5 nitrogen and oxygen atoms in total. The van der Waals surface area contributed by atoms with Gasteiger partial charge in [0.15, 0.2) is 0 Å². The van der Waals surface area contributed by atoms with E-state index in [0.29, 0.717) is 16.8 Å². The van der Waals surface area contributed by atoms with Crippen LogP contribution in [0.2, 0.25) is 0 Å². The Morgan fingerprint density at radius 3 is 2.38 bits per heavy atom. The summed E-state index contributed by atoms with van der Waals surface area (Å²) < 4.78 is 10.7. The zero-order valence-corrected chi connectivity index (χ0v) is 15.9. The van der Waals surface area contributed by atoms with Gasteiger partial charge in [0.1, 0.15) is 12.2 Å². The quantitative estimate of drug-likeness (QED) is 0.783. The Labute approximate surface area is 154 Å². The van der Waals surface area contributed by atoms with E-state index in [-0.39, 0.29) is 6.61 Å². The summed E-state index contributed by atoms with van der Waals surface area (Å²) in [5.74, 6) is -0.394. The van der Waals surface area contributed by atoms with Crippen molar-refractivity contribution in [3.8, 4) is 0 Å². The van der Waals surface area contributed by atoms with Gasteiger partial charge in [0.05, 0.1) is 11.3 Å². The first-order valence-electron chi connectivity index (χ1n) is 8.48. The smallest absolute Gasteiger partial charge is 0.412 e. The van der Waals surface area contributed by atoms with E-state index in [1.807, 2.05) is 32.0 Å². The van der Waals surface area contributed by atoms with Crippen molar-refractivity contribution in [3.05, 3.63) is 64.7 Å². The lowest BCUT2D eigenvalue weighted by atomic mass is 10.1. The number of para-hydroxylation sites is 1. The second-order valence-corrected chi connectivity index (χ2v) is 7.18. The molecule has 5 heteroatoms. The average Bonchev–Trinajstić information content (AvgIpc) is 2.52. The van der Waals surface area contributed by atoms with Crippen molar-refractivity contribution >= 4 is 17.7 Å². The number of aryl methyl sites for hydroxylation is 2. The molecular formula is C21H25NO4. The van der Waals surface area contributed by atoms with Gasteiger partial charge in [-0.05, 0) is 52.3 Å². The Morgan fingerprint density at radius 1 is 1.04 bits per heavy atom. The Bertz CT molecular complexity index is 806. The molecule has 1 amide bonds. The molecule has 0 spiro atoms. The first-order valence-corrected chi connectivity index (χ1v) is 8.48.